The Morgan fingerprint density at radius 2 is 1.65 bits per heavy atom. The molecule has 0 radical (unpaired) electrons. The van der Waals surface area contributed by atoms with Gasteiger partial charge in [-0.3, -0.25) is 0 Å². The lowest BCUT2D eigenvalue weighted by atomic mass is 10.1. The van der Waals surface area contributed by atoms with E-state index in [1.165, 1.54) is 6.07 Å². The molecule has 2 rings (SSSR count). The van der Waals surface area contributed by atoms with Crippen LogP contribution in [0.15, 0.2) is 42.5 Å². The predicted molar refractivity (Wildman–Crippen MR) is 73.5 cm³/mol. The maximum absolute atomic E-state index is 12.8. The molecule has 0 aliphatic carbocycles. The fraction of sp³-hybridized carbons (Fsp3) is 0.250. The van der Waals surface area contributed by atoms with Gasteiger partial charge in [0.1, 0.15) is 18.1 Å². The van der Waals surface area contributed by atoms with Gasteiger partial charge < -0.3 is 9.47 Å². The minimum absolute atomic E-state index is 0.0113. The van der Waals surface area contributed by atoms with Crippen LogP contribution in [0.1, 0.15) is 23.1 Å². The zero-order chi connectivity index (χ0) is 14.5. The van der Waals surface area contributed by atoms with Crippen LogP contribution in [0.4, 0.5) is 8.78 Å². The van der Waals surface area contributed by atoms with Crippen molar-refractivity contribution >= 4 is 0 Å². The van der Waals surface area contributed by atoms with Gasteiger partial charge in [0, 0.05) is 5.56 Å². The third kappa shape index (κ3) is 3.47. The average Bonchev–Trinajstić information content (AvgIpc) is 2.46. The maximum atomic E-state index is 12.8. The summed E-state index contributed by atoms with van der Waals surface area (Å²) in [5, 5.41) is 0. The van der Waals surface area contributed by atoms with Gasteiger partial charge in [0.15, 0.2) is 0 Å². The van der Waals surface area contributed by atoms with Crippen molar-refractivity contribution in [3.8, 4) is 11.5 Å². The van der Waals surface area contributed by atoms with E-state index in [0.717, 1.165) is 11.3 Å². The lowest BCUT2D eigenvalue weighted by Crippen LogP contribution is -1.97. The molecule has 0 spiro atoms. The average molecular weight is 278 g/mol. The van der Waals surface area contributed by atoms with Gasteiger partial charge in [-0.25, -0.2) is 8.78 Å². The highest BCUT2D eigenvalue weighted by Crippen LogP contribution is 2.27. The van der Waals surface area contributed by atoms with Crippen LogP contribution in [0.3, 0.4) is 0 Å². The Balaban J connectivity index is 2.04. The highest BCUT2D eigenvalue weighted by molar-refractivity contribution is 5.36. The monoisotopic (exact) mass is 278 g/mol. The Bertz CT molecular complexity index is 565. The van der Waals surface area contributed by atoms with Gasteiger partial charge in [-0.1, -0.05) is 18.2 Å². The number of hydrogen-bond donors (Lipinski definition) is 0. The summed E-state index contributed by atoms with van der Waals surface area (Å²) in [6, 6.07) is 12.2. The Kier molecular flexibility index (Phi) is 4.56. The van der Waals surface area contributed by atoms with Crippen molar-refractivity contribution in [3.63, 3.8) is 0 Å². The largest absolute Gasteiger partial charge is 0.497 e. The summed E-state index contributed by atoms with van der Waals surface area (Å²) in [6.45, 7) is 1.99. The summed E-state index contributed by atoms with van der Waals surface area (Å²) in [7, 11) is 1.60. The topological polar surface area (TPSA) is 18.5 Å². The molecule has 2 aromatic rings. The number of halogens is 2. The minimum atomic E-state index is -2.49. The van der Waals surface area contributed by atoms with Crippen molar-refractivity contribution in [2.75, 3.05) is 7.11 Å². The lowest BCUT2D eigenvalue weighted by Gasteiger charge is -2.10. The molecule has 20 heavy (non-hydrogen) atoms. The van der Waals surface area contributed by atoms with Gasteiger partial charge in [-0.2, -0.15) is 0 Å². The first-order valence-electron chi connectivity index (χ1n) is 6.24. The van der Waals surface area contributed by atoms with Gasteiger partial charge in [0.2, 0.25) is 0 Å². The van der Waals surface area contributed by atoms with Crippen LogP contribution in [0.5, 0.6) is 11.5 Å². The SMILES string of the molecule is COc1ccc(COc2ccc(C)c(C(F)F)c2)cc1. The molecule has 106 valence electrons. The summed E-state index contributed by atoms with van der Waals surface area (Å²) in [5.74, 6) is 1.21. The second-order valence-corrected chi connectivity index (χ2v) is 4.46. The van der Waals surface area contributed by atoms with E-state index < -0.39 is 6.43 Å². The Morgan fingerprint density at radius 3 is 2.25 bits per heavy atom. The molecule has 0 bridgehead atoms. The van der Waals surface area contributed by atoms with Gasteiger partial charge >= 0.3 is 0 Å². The summed E-state index contributed by atoms with van der Waals surface area (Å²) < 4.78 is 36.2. The van der Waals surface area contributed by atoms with Crippen molar-refractivity contribution < 1.29 is 18.3 Å². The molecular formula is C16H16F2O2. The Labute approximate surface area is 117 Å². The molecule has 0 saturated carbocycles. The molecule has 0 saturated heterocycles. The summed E-state index contributed by atoms with van der Waals surface area (Å²) in [4.78, 5) is 0. The predicted octanol–water partition coefficient (Wildman–Crippen LogP) is 4.52. The first kappa shape index (κ1) is 14.3. The van der Waals surface area contributed by atoms with E-state index in [-0.39, 0.29) is 5.56 Å². The van der Waals surface area contributed by atoms with Gasteiger partial charge in [-0.05, 0) is 42.3 Å². The van der Waals surface area contributed by atoms with Gasteiger partial charge in [0.25, 0.3) is 6.43 Å². The first-order chi connectivity index (χ1) is 9.60. The summed E-state index contributed by atoms with van der Waals surface area (Å²) >= 11 is 0. The van der Waals surface area contributed by atoms with Crippen molar-refractivity contribution in [1.82, 2.24) is 0 Å². The lowest BCUT2D eigenvalue weighted by molar-refractivity contribution is 0.150. The van der Waals surface area contributed by atoms with Crippen LogP contribution in [0, 0.1) is 6.92 Å². The smallest absolute Gasteiger partial charge is 0.264 e. The van der Waals surface area contributed by atoms with Crippen molar-refractivity contribution in [1.29, 1.82) is 0 Å². The second-order valence-electron chi connectivity index (χ2n) is 4.46. The van der Waals surface area contributed by atoms with Crippen LogP contribution in [-0.2, 0) is 6.61 Å². The standard InChI is InChI=1S/C16H16F2O2/c1-11-3-6-14(9-15(11)16(17)18)20-10-12-4-7-13(19-2)8-5-12/h3-9,16H,10H2,1-2H3. The summed E-state index contributed by atoms with van der Waals surface area (Å²) in [5.41, 5.74) is 1.53. The Morgan fingerprint density at radius 1 is 1.00 bits per heavy atom. The van der Waals surface area contributed by atoms with E-state index in [9.17, 15) is 8.78 Å². The van der Waals surface area contributed by atoms with Crippen LogP contribution < -0.4 is 9.47 Å². The van der Waals surface area contributed by atoms with E-state index in [4.69, 9.17) is 9.47 Å². The van der Waals surface area contributed by atoms with Crippen molar-refractivity contribution in [2.24, 2.45) is 0 Å². The zero-order valence-electron chi connectivity index (χ0n) is 11.4. The summed E-state index contributed by atoms with van der Waals surface area (Å²) in [6.07, 6.45) is -2.49. The van der Waals surface area contributed by atoms with Gasteiger partial charge in [0.05, 0.1) is 7.11 Å². The molecule has 0 aliphatic heterocycles. The molecule has 0 heterocycles. The number of alkyl halides is 2. The quantitative estimate of drug-likeness (QED) is 0.800. The third-order valence-corrected chi connectivity index (χ3v) is 3.05. The highest BCUT2D eigenvalue weighted by Gasteiger charge is 2.11. The number of hydrogen-bond acceptors (Lipinski definition) is 2. The molecule has 2 nitrogen and oxygen atoms in total. The number of aryl methyl sites for hydroxylation is 1. The highest BCUT2D eigenvalue weighted by atomic mass is 19.3. The molecule has 0 atom stereocenters. The fourth-order valence-electron chi connectivity index (χ4n) is 1.83. The van der Waals surface area contributed by atoms with E-state index in [1.54, 1.807) is 26.2 Å². The van der Waals surface area contributed by atoms with Crippen LogP contribution >= 0.6 is 0 Å². The molecule has 0 aliphatic rings. The van der Waals surface area contributed by atoms with Gasteiger partial charge in [-0.15, -0.1) is 0 Å². The number of ether oxygens (including phenoxy) is 2. The van der Waals surface area contributed by atoms with Crippen LogP contribution in [0.2, 0.25) is 0 Å². The van der Waals surface area contributed by atoms with E-state index >= 15 is 0 Å². The second kappa shape index (κ2) is 6.37. The maximum Gasteiger partial charge on any atom is 0.264 e. The molecule has 2 aromatic carbocycles. The third-order valence-electron chi connectivity index (χ3n) is 3.05. The van der Waals surface area contributed by atoms with E-state index in [2.05, 4.69) is 0 Å². The van der Waals surface area contributed by atoms with Crippen molar-refractivity contribution in [3.05, 3.63) is 59.2 Å². The molecule has 0 fully saturated rings. The molecule has 4 heteroatoms. The van der Waals surface area contributed by atoms with Crippen LogP contribution in [0.25, 0.3) is 0 Å². The minimum Gasteiger partial charge on any atom is -0.497 e. The molecule has 0 aromatic heterocycles. The fourth-order valence-corrected chi connectivity index (χ4v) is 1.83. The first-order valence-corrected chi connectivity index (χ1v) is 6.24. The number of benzene rings is 2. The van der Waals surface area contributed by atoms with E-state index in [1.807, 2.05) is 24.3 Å². The zero-order valence-corrected chi connectivity index (χ0v) is 11.4. The molecule has 0 amide bonds. The molecular weight excluding hydrogens is 262 g/mol. The number of rotatable bonds is 5. The van der Waals surface area contributed by atoms with Crippen LogP contribution in [-0.4, -0.2) is 7.11 Å². The molecule has 0 N–H and O–H groups in total. The van der Waals surface area contributed by atoms with Crippen molar-refractivity contribution in [2.45, 2.75) is 20.0 Å². The molecule has 0 unspecified atom stereocenters. The number of methoxy groups -OCH3 is 1. The normalized spacial score (nSPS) is 10.7. The Hall–Kier alpha value is -2.10. The van der Waals surface area contributed by atoms with E-state index in [0.29, 0.717) is 17.9 Å².